The lowest BCUT2D eigenvalue weighted by atomic mass is 10.3. The van der Waals surface area contributed by atoms with Crippen molar-refractivity contribution in [1.29, 1.82) is 0 Å². The Morgan fingerprint density at radius 2 is 2.06 bits per heavy atom. The van der Waals surface area contributed by atoms with Gasteiger partial charge in [0.2, 0.25) is 0 Å². The predicted octanol–water partition coefficient (Wildman–Crippen LogP) is 1.85. The highest BCUT2D eigenvalue weighted by Crippen LogP contribution is 2.09. The smallest absolute Gasteiger partial charge is 0.131 e. The van der Waals surface area contributed by atoms with Crippen molar-refractivity contribution in [1.82, 2.24) is 15.0 Å². The fraction of sp³-hybridized carbons (Fsp3) is 0.273. The molecule has 0 spiro atoms. The Labute approximate surface area is 94.3 Å². The lowest BCUT2D eigenvalue weighted by Crippen LogP contribution is -2.04. The zero-order valence-electron chi connectivity index (χ0n) is 9.20. The average molecular weight is 217 g/mol. The summed E-state index contributed by atoms with van der Waals surface area (Å²) < 4.78 is 0. The number of hydrogen-bond acceptors (Lipinski definition) is 4. The Kier molecular flexibility index (Phi) is 3.38. The van der Waals surface area contributed by atoms with Crippen LogP contribution in [0.1, 0.15) is 12.5 Å². The number of nitrogens with one attached hydrogen (secondary N) is 3. The van der Waals surface area contributed by atoms with Crippen LogP contribution >= 0.6 is 0 Å². The third-order valence-corrected chi connectivity index (χ3v) is 2.16. The summed E-state index contributed by atoms with van der Waals surface area (Å²) in [6.07, 6.45) is 5.41. The molecule has 0 bridgehead atoms. The topological polar surface area (TPSA) is 65.6 Å². The van der Waals surface area contributed by atoms with Crippen molar-refractivity contribution in [2.45, 2.75) is 13.5 Å². The number of rotatable bonds is 5. The van der Waals surface area contributed by atoms with Crippen LogP contribution in [0.4, 0.5) is 11.6 Å². The highest BCUT2D eigenvalue weighted by atomic mass is 15.1. The van der Waals surface area contributed by atoms with Gasteiger partial charge in [-0.05, 0) is 18.6 Å². The zero-order valence-corrected chi connectivity index (χ0v) is 9.20. The maximum absolute atomic E-state index is 4.15. The van der Waals surface area contributed by atoms with Crippen LogP contribution in [0.3, 0.4) is 0 Å². The van der Waals surface area contributed by atoms with Crippen LogP contribution in [0, 0.1) is 0 Å². The molecule has 2 aromatic rings. The summed E-state index contributed by atoms with van der Waals surface area (Å²) in [5, 5.41) is 6.38. The van der Waals surface area contributed by atoms with E-state index in [4.69, 9.17) is 0 Å². The molecule has 0 aliphatic rings. The van der Waals surface area contributed by atoms with Crippen LogP contribution < -0.4 is 10.6 Å². The van der Waals surface area contributed by atoms with E-state index in [9.17, 15) is 0 Å². The normalized spacial score (nSPS) is 10.1. The summed E-state index contributed by atoms with van der Waals surface area (Å²) in [5.41, 5.74) is 1.20. The molecule has 0 amide bonds. The number of H-pyrrole nitrogens is 1. The van der Waals surface area contributed by atoms with E-state index in [0.29, 0.717) is 0 Å². The van der Waals surface area contributed by atoms with Gasteiger partial charge in [-0.3, -0.25) is 0 Å². The molecule has 3 N–H and O–H groups in total. The molecule has 2 heterocycles. The summed E-state index contributed by atoms with van der Waals surface area (Å²) in [5.74, 6) is 1.67. The molecule has 2 rings (SSSR count). The molecule has 0 unspecified atom stereocenters. The number of aromatic amines is 1. The summed E-state index contributed by atoms with van der Waals surface area (Å²) in [7, 11) is 0. The van der Waals surface area contributed by atoms with Crippen molar-refractivity contribution in [3.63, 3.8) is 0 Å². The molecule has 2 aromatic heterocycles. The van der Waals surface area contributed by atoms with Gasteiger partial charge >= 0.3 is 0 Å². The van der Waals surface area contributed by atoms with Crippen LogP contribution in [0.15, 0.2) is 30.9 Å². The highest BCUT2D eigenvalue weighted by molar-refractivity contribution is 5.46. The van der Waals surface area contributed by atoms with Crippen molar-refractivity contribution in [3.8, 4) is 0 Å². The Bertz CT molecular complexity index is 424. The number of hydrogen-bond donors (Lipinski definition) is 3. The Morgan fingerprint density at radius 3 is 2.75 bits per heavy atom. The molecule has 0 saturated carbocycles. The standard InChI is InChI=1S/C11H15N5/c1-2-13-10-5-11(16-8-15-10)14-7-9-3-4-12-6-9/h3-6,8,12H,2,7H2,1H3,(H2,13,14,15,16). The minimum absolute atomic E-state index is 0.756. The van der Waals surface area contributed by atoms with Gasteiger partial charge in [0.05, 0.1) is 0 Å². The minimum Gasteiger partial charge on any atom is -0.370 e. The average Bonchev–Trinajstić information content (AvgIpc) is 2.80. The van der Waals surface area contributed by atoms with Gasteiger partial charge in [0, 0.05) is 31.5 Å². The molecule has 0 radical (unpaired) electrons. The third-order valence-electron chi connectivity index (χ3n) is 2.16. The predicted molar refractivity (Wildman–Crippen MR) is 64.3 cm³/mol. The second-order valence-corrected chi connectivity index (χ2v) is 3.39. The summed E-state index contributed by atoms with van der Waals surface area (Å²) in [4.78, 5) is 11.3. The molecule has 0 aliphatic carbocycles. The van der Waals surface area contributed by atoms with Crippen molar-refractivity contribution in [2.24, 2.45) is 0 Å². The van der Waals surface area contributed by atoms with E-state index in [2.05, 4.69) is 25.6 Å². The maximum Gasteiger partial charge on any atom is 0.131 e. The molecule has 0 aromatic carbocycles. The van der Waals surface area contributed by atoms with Crippen molar-refractivity contribution in [3.05, 3.63) is 36.4 Å². The number of aromatic nitrogens is 3. The molecule has 0 aliphatic heterocycles. The molecule has 5 nitrogen and oxygen atoms in total. The highest BCUT2D eigenvalue weighted by Gasteiger charge is 1.97. The van der Waals surface area contributed by atoms with E-state index >= 15 is 0 Å². The van der Waals surface area contributed by atoms with Gasteiger partial charge in [0.1, 0.15) is 18.0 Å². The van der Waals surface area contributed by atoms with E-state index in [1.807, 2.05) is 31.5 Å². The number of anilines is 2. The molecule has 5 heteroatoms. The first kappa shape index (κ1) is 10.5. The van der Waals surface area contributed by atoms with E-state index in [0.717, 1.165) is 24.7 Å². The van der Waals surface area contributed by atoms with Gasteiger partial charge in [0.25, 0.3) is 0 Å². The first-order valence-corrected chi connectivity index (χ1v) is 5.30. The zero-order chi connectivity index (χ0) is 11.2. The van der Waals surface area contributed by atoms with Crippen LogP contribution in [-0.2, 0) is 6.54 Å². The van der Waals surface area contributed by atoms with Crippen molar-refractivity contribution < 1.29 is 0 Å². The fourth-order valence-electron chi connectivity index (χ4n) is 1.39. The van der Waals surface area contributed by atoms with Crippen LogP contribution in [0.25, 0.3) is 0 Å². The number of nitrogens with zero attached hydrogens (tertiary/aromatic N) is 2. The van der Waals surface area contributed by atoms with E-state index in [1.54, 1.807) is 6.33 Å². The Morgan fingerprint density at radius 1 is 1.25 bits per heavy atom. The second-order valence-electron chi connectivity index (χ2n) is 3.39. The first-order valence-electron chi connectivity index (χ1n) is 5.30. The molecule has 0 atom stereocenters. The molecule has 0 fully saturated rings. The molecular formula is C11H15N5. The van der Waals surface area contributed by atoms with Gasteiger partial charge in [-0.15, -0.1) is 0 Å². The minimum atomic E-state index is 0.756. The van der Waals surface area contributed by atoms with E-state index in [-0.39, 0.29) is 0 Å². The van der Waals surface area contributed by atoms with Gasteiger partial charge in [-0.25, -0.2) is 9.97 Å². The van der Waals surface area contributed by atoms with E-state index in [1.165, 1.54) is 5.56 Å². The summed E-state index contributed by atoms with van der Waals surface area (Å²) >= 11 is 0. The lowest BCUT2D eigenvalue weighted by Gasteiger charge is -2.06. The van der Waals surface area contributed by atoms with Crippen LogP contribution in [0.2, 0.25) is 0 Å². The van der Waals surface area contributed by atoms with E-state index < -0.39 is 0 Å². The maximum atomic E-state index is 4.15. The van der Waals surface area contributed by atoms with Crippen molar-refractivity contribution >= 4 is 11.6 Å². The largest absolute Gasteiger partial charge is 0.370 e. The fourth-order valence-corrected chi connectivity index (χ4v) is 1.39. The Balaban J connectivity index is 1.96. The van der Waals surface area contributed by atoms with Gasteiger partial charge in [0.15, 0.2) is 0 Å². The first-order chi connectivity index (χ1) is 7.88. The molecule has 84 valence electrons. The monoisotopic (exact) mass is 217 g/mol. The summed E-state index contributed by atoms with van der Waals surface area (Å²) in [6, 6.07) is 3.93. The molecular weight excluding hydrogens is 202 g/mol. The van der Waals surface area contributed by atoms with Gasteiger partial charge in [-0.2, -0.15) is 0 Å². The van der Waals surface area contributed by atoms with Gasteiger partial charge in [-0.1, -0.05) is 0 Å². The summed E-state index contributed by atoms with van der Waals surface area (Å²) in [6.45, 7) is 3.65. The lowest BCUT2D eigenvalue weighted by molar-refractivity contribution is 1.07. The van der Waals surface area contributed by atoms with Crippen molar-refractivity contribution in [2.75, 3.05) is 17.2 Å². The molecule has 0 saturated heterocycles. The molecule has 16 heavy (non-hydrogen) atoms. The third kappa shape index (κ3) is 2.73. The van der Waals surface area contributed by atoms with Gasteiger partial charge < -0.3 is 15.6 Å². The van der Waals surface area contributed by atoms with Crippen LogP contribution in [0.5, 0.6) is 0 Å². The SMILES string of the molecule is CCNc1cc(NCc2cc[nH]c2)ncn1. The Hall–Kier alpha value is -2.04. The van der Waals surface area contributed by atoms with Crippen LogP contribution in [-0.4, -0.2) is 21.5 Å². The second kappa shape index (κ2) is 5.16. The quantitative estimate of drug-likeness (QED) is 0.715.